The van der Waals surface area contributed by atoms with Gasteiger partial charge in [-0.2, -0.15) is 4.98 Å². The number of urea groups is 1. The molecule has 8 heteroatoms. The summed E-state index contributed by atoms with van der Waals surface area (Å²) < 4.78 is 13.6. The third-order valence-electron chi connectivity index (χ3n) is 4.12. The molecule has 3 rings (SSSR count). The number of aryl methyl sites for hydroxylation is 1. The van der Waals surface area contributed by atoms with Crippen LogP contribution in [0.1, 0.15) is 18.2 Å². The van der Waals surface area contributed by atoms with Crippen molar-refractivity contribution in [1.82, 2.24) is 9.97 Å². The molecule has 4 N–H and O–H groups in total. The van der Waals surface area contributed by atoms with Crippen molar-refractivity contribution in [3.05, 3.63) is 65.6 Å². The van der Waals surface area contributed by atoms with Crippen LogP contribution in [-0.2, 0) is 0 Å². The van der Waals surface area contributed by atoms with Gasteiger partial charge in [0.25, 0.3) is 0 Å². The van der Waals surface area contributed by atoms with Gasteiger partial charge >= 0.3 is 6.03 Å². The summed E-state index contributed by atoms with van der Waals surface area (Å²) in [6, 6.07) is 13.1. The predicted molar refractivity (Wildman–Crippen MR) is 114 cm³/mol. The van der Waals surface area contributed by atoms with Crippen LogP contribution in [0.2, 0.25) is 0 Å². The highest BCUT2D eigenvalue weighted by Crippen LogP contribution is 2.20. The van der Waals surface area contributed by atoms with Gasteiger partial charge < -0.3 is 21.3 Å². The number of rotatable bonds is 6. The maximum absolute atomic E-state index is 13.6. The molecule has 0 bridgehead atoms. The molecule has 0 aliphatic heterocycles. The Bertz CT molecular complexity index is 1010. The Balaban J connectivity index is 1.63. The van der Waals surface area contributed by atoms with Crippen LogP contribution < -0.4 is 21.3 Å². The highest BCUT2D eigenvalue weighted by Gasteiger charge is 2.08. The number of amides is 2. The molecule has 0 saturated heterocycles. The maximum Gasteiger partial charge on any atom is 0.323 e. The number of benzene rings is 2. The number of hydrogen-bond acceptors (Lipinski definition) is 5. The highest BCUT2D eigenvalue weighted by atomic mass is 19.1. The van der Waals surface area contributed by atoms with E-state index in [4.69, 9.17) is 0 Å². The van der Waals surface area contributed by atoms with Gasteiger partial charge in [-0.25, -0.2) is 14.2 Å². The van der Waals surface area contributed by atoms with E-state index >= 15 is 0 Å². The summed E-state index contributed by atoms with van der Waals surface area (Å²) in [5, 5.41) is 11.7. The van der Waals surface area contributed by atoms with Gasteiger partial charge in [0.1, 0.15) is 11.6 Å². The van der Waals surface area contributed by atoms with Crippen molar-refractivity contribution in [3.63, 3.8) is 0 Å². The second kappa shape index (κ2) is 9.01. The minimum absolute atomic E-state index is 0.365. The molecule has 0 aliphatic rings. The fourth-order valence-electron chi connectivity index (χ4n) is 2.68. The summed E-state index contributed by atoms with van der Waals surface area (Å²) in [6.07, 6.45) is 0. The molecule has 0 fully saturated rings. The summed E-state index contributed by atoms with van der Waals surface area (Å²) in [4.78, 5) is 20.9. The fraction of sp³-hybridized carbons (Fsp3) is 0.190. The minimum atomic E-state index is -0.443. The molecule has 7 nitrogen and oxygen atoms in total. The monoisotopic (exact) mass is 394 g/mol. The van der Waals surface area contributed by atoms with E-state index < -0.39 is 6.03 Å². The van der Waals surface area contributed by atoms with Crippen LogP contribution in [0.5, 0.6) is 0 Å². The Morgan fingerprint density at radius 2 is 1.72 bits per heavy atom. The molecule has 0 radical (unpaired) electrons. The number of nitrogens with zero attached hydrogens (tertiary/aromatic N) is 2. The van der Waals surface area contributed by atoms with Crippen molar-refractivity contribution in [1.29, 1.82) is 0 Å². The third-order valence-corrected chi connectivity index (χ3v) is 4.12. The molecule has 2 amide bonds. The lowest BCUT2D eigenvalue weighted by Crippen LogP contribution is -2.20. The first kappa shape index (κ1) is 20.1. The molecule has 3 aromatic rings. The van der Waals surface area contributed by atoms with Gasteiger partial charge in [-0.05, 0) is 57.2 Å². The Morgan fingerprint density at radius 1 is 1.00 bits per heavy atom. The Labute approximate surface area is 168 Å². The maximum atomic E-state index is 13.6. The molecule has 29 heavy (non-hydrogen) atoms. The van der Waals surface area contributed by atoms with E-state index in [-0.39, 0.29) is 5.82 Å². The highest BCUT2D eigenvalue weighted by molar-refractivity contribution is 6.00. The predicted octanol–water partition coefficient (Wildman–Crippen LogP) is 5.05. The summed E-state index contributed by atoms with van der Waals surface area (Å²) in [7, 11) is 0. The lowest BCUT2D eigenvalue weighted by atomic mass is 10.2. The molecule has 1 heterocycles. The molecule has 0 aliphatic carbocycles. The number of halogens is 1. The largest absolute Gasteiger partial charge is 0.354 e. The first-order valence-electron chi connectivity index (χ1n) is 9.24. The molecule has 150 valence electrons. The van der Waals surface area contributed by atoms with E-state index in [0.717, 1.165) is 17.9 Å². The quantitative estimate of drug-likeness (QED) is 0.470. The van der Waals surface area contributed by atoms with Crippen molar-refractivity contribution < 1.29 is 9.18 Å². The van der Waals surface area contributed by atoms with Gasteiger partial charge in [0.05, 0.1) is 0 Å². The van der Waals surface area contributed by atoms with E-state index in [1.54, 1.807) is 31.2 Å². The van der Waals surface area contributed by atoms with Gasteiger partial charge in [-0.1, -0.05) is 6.07 Å². The van der Waals surface area contributed by atoms with E-state index in [9.17, 15) is 9.18 Å². The van der Waals surface area contributed by atoms with Crippen LogP contribution in [0, 0.1) is 19.7 Å². The smallest absolute Gasteiger partial charge is 0.323 e. The van der Waals surface area contributed by atoms with E-state index in [0.29, 0.717) is 28.7 Å². The summed E-state index contributed by atoms with van der Waals surface area (Å²) in [5.41, 5.74) is 3.09. The summed E-state index contributed by atoms with van der Waals surface area (Å²) >= 11 is 0. The zero-order valence-corrected chi connectivity index (χ0v) is 16.5. The molecular weight excluding hydrogens is 371 g/mol. The second-order valence-electron chi connectivity index (χ2n) is 6.44. The normalized spacial score (nSPS) is 10.3. The van der Waals surface area contributed by atoms with Gasteiger partial charge in [0, 0.05) is 40.9 Å². The number of nitrogens with one attached hydrogen (secondary N) is 4. The number of anilines is 5. The molecule has 0 unspecified atom stereocenters. The van der Waals surface area contributed by atoms with E-state index in [1.807, 2.05) is 32.0 Å². The van der Waals surface area contributed by atoms with Gasteiger partial charge in [0.2, 0.25) is 5.95 Å². The average molecular weight is 394 g/mol. The lowest BCUT2D eigenvalue weighted by molar-refractivity contribution is 0.262. The summed E-state index contributed by atoms with van der Waals surface area (Å²) in [6.45, 7) is 6.23. The van der Waals surface area contributed by atoms with Crippen LogP contribution >= 0.6 is 0 Å². The van der Waals surface area contributed by atoms with Crippen molar-refractivity contribution in [2.45, 2.75) is 20.8 Å². The minimum Gasteiger partial charge on any atom is -0.354 e. The van der Waals surface area contributed by atoms with Crippen LogP contribution in [-0.4, -0.2) is 22.5 Å². The number of aromatic nitrogens is 2. The second-order valence-corrected chi connectivity index (χ2v) is 6.44. The van der Waals surface area contributed by atoms with Gasteiger partial charge in [-0.15, -0.1) is 0 Å². The molecule has 0 atom stereocenters. The first-order chi connectivity index (χ1) is 13.9. The number of hydrogen-bond donors (Lipinski definition) is 4. The Morgan fingerprint density at radius 3 is 2.45 bits per heavy atom. The van der Waals surface area contributed by atoms with Crippen molar-refractivity contribution >= 4 is 34.9 Å². The van der Waals surface area contributed by atoms with Crippen molar-refractivity contribution in [2.75, 3.05) is 27.8 Å². The molecule has 0 saturated carbocycles. The zero-order valence-electron chi connectivity index (χ0n) is 16.5. The number of carbonyl (C=O) groups excluding carboxylic acids is 1. The first-order valence-corrected chi connectivity index (χ1v) is 9.24. The topological polar surface area (TPSA) is 91.0 Å². The zero-order chi connectivity index (χ0) is 20.8. The number of carbonyl (C=O) groups is 1. The lowest BCUT2D eigenvalue weighted by Gasteiger charge is -2.12. The van der Waals surface area contributed by atoms with Crippen molar-refractivity contribution in [2.24, 2.45) is 0 Å². The molecular formula is C21H23FN6O. The fourth-order valence-corrected chi connectivity index (χ4v) is 2.68. The van der Waals surface area contributed by atoms with Gasteiger partial charge in [-0.3, -0.25) is 0 Å². The SMILES string of the molecule is CCNc1nc(C)cc(Nc2ccc(NC(=O)Nc3cccc(F)c3C)cc2)n1. The van der Waals surface area contributed by atoms with Crippen LogP contribution in [0.3, 0.4) is 0 Å². The average Bonchev–Trinajstić information content (AvgIpc) is 2.67. The van der Waals surface area contributed by atoms with E-state index in [2.05, 4.69) is 31.2 Å². The van der Waals surface area contributed by atoms with E-state index in [1.165, 1.54) is 6.07 Å². The molecule has 2 aromatic carbocycles. The molecule has 0 spiro atoms. The van der Waals surface area contributed by atoms with Gasteiger partial charge in [0.15, 0.2) is 0 Å². The van der Waals surface area contributed by atoms with Crippen molar-refractivity contribution in [3.8, 4) is 0 Å². The Kier molecular flexibility index (Phi) is 6.23. The molecule has 1 aromatic heterocycles. The van der Waals surface area contributed by atoms with Crippen LogP contribution in [0.15, 0.2) is 48.5 Å². The Hall–Kier alpha value is -3.68. The summed E-state index contributed by atoms with van der Waals surface area (Å²) in [5.74, 6) is 0.876. The van der Waals surface area contributed by atoms with Crippen LogP contribution in [0.4, 0.5) is 38.0 Å². The standard InChI is InChI=1S/C21H23FN6O/c1-4-23-20-24-13(2)12-19(28-20)25-15-8-10-16(11-9-15)26-21(29)27-18-7-5-6-17(22)14(18)3/h5-12H,4H2,1-3H3,(H2,26,27,29)(H2,23,24,25,28). The third kappa shape index (κ3) is 5.41. The van der Waals surface area contributed by atoms with Crippen LogP contribution in [0.25, 0.3) is 0 Å².